The molecule has 2 atom stereocenters. The molecule has 0 fully saturated rings. The van der Waals surface area contributed by atoms with E-state index in [1.54, 1.807) is 10.8 Å². The smallest absolute Gasteiger partial charge is 1.00 e. The summed E-state index contributed by atoms with van der Waals surface area (Å²) in [6, 6.07) is 18.1. The molecule has 3 aliphatic rings. The molecule has 0 spiro atoms. The molecule has 0 amide bonds. The van der Waals surface area contributed by atoms with Crippen LogP contribution in [0.3, 0.4) is 0 Å². The zero-order valence-electron chi connectivity index (χ0n) is 18.6. The van der Waals surface area contributed by atoms with Gasteiger partial charge < -0.3 is 24.8 Å². The van der Waals surface area contributed by atoms with Crippen LogP contribution in [0.2, 0.25) is 13.1 Å². The maximum atomic E-state index is 3.98. The predicted molar refractivity (Wildman–Crippen MR) is 128 cm³/mol. The molecular weight excluding hydrogens is 527 g/mol. The van der Waals surface area contributed by atoms with Gasteiger partial charge in [0, 0.05) is 11.5 Å². The van der Waals surface area contributed by atoms with E-state index in [1.165, 1.54) is 27.1 Å². The third-order valence-electron chi connectivity index (χ3n) is 6.94. The molecule has 162 valence electrons. The molecule has 0 nitrogen and oxygen atoms in total. The maximum Gasteiger partial charge on any atom is 2.00 e. The van der Waals surface area contributed by atoms with Crippen molar-refractivity contribution >= 4 is 24.9 Å². The van der Waals surface area contributed by atoms with Crippen molar-refractivity contribution in [1.29, 1.82) is 0 Å². The van der Waals surface area contributed by atoms with E-state index in [2.05, 4.69) is 105 Å². The number of fused-ring (bicyclic) bond motifs is 3. The fourth-order valence-corrected chi connectivity index (χ4v) is 10.3. The average molecular weight is 555 g/mol. The van der Waals surface area contributed by atoms with Crippen LogP contribution in [0.5, 0.6) is 0 Å². The Labute approximate surface area is 224 Å². The number of allylic oxidation sites excluding steroid dienone is 6. The Morgan fingerprint density at radius 1 is 0.938 bits per heavy atom. The Hall–Kier alpha value is -1.18. The van der Waals surface area contributed by atoms with Gasteiger partial charge in [0.1, 0.15) is 0 Å². The first-order valence-corrected chi connectivity index (χ1v) is 13.8. The summed E-state index contributed by atoms with van der Waals surface area (Å²) in [7, 11) is -1.85. The third kappa shape index (κ3) is 4.32. The largest absolute Gasteiger partial charge is 2.00 e. The van der Waals surface area contributed by atoms with E-state index in [4.69, 9.17) is 0 Å². The van der Waals surface area contributed by atoms with Crippen molar-refractivity contribution in [3.8, 4) is 0 Å². The summed E-state index contributed by atoms with van der Waals surface area (Å²) in [5.74, 6) is 0.437. The Morgan fingerprint density at radius 2 is 1.62 bits per heavy atom. The van der Waals surface area contributed by atoms with Gasteiger partial charge in [0.15, 0.2) is 0 Å². The molecule has 0 aliphatic heterocycles. The van der Waals surface area contributed by atoms with E-state index < -0.39 is 8.07 Å². The van der Waals surface area contributed by atoms with Crippen molar-refractivity contribution in [3.63, 3.8) is 0 Å². The maximum absolute atomic E-state index is 3.98. The second kappa shape index (κ2) is 10.8. The molecule has 3 aliphatic carbocycles. The van der Waals surface area contributed by atoms with Crippen LogP contribution in [0.25, 0.3) is 16.8 Å². The van der Waals surface area contributed by atoms with Gasteiger partial charge in [-0.05, 0) is 40.0 Å². The molecule has 0 saturated heterocycles. The zero-order valence-corrected chi connectivity index (χ0v) is 23.6. The standard InChI is InChI=1S/C28H28Si.2ClH.Zr/c1-4-5-12-21-19-20-13-6-7-14-22(20)27(21)29(2,3)28-25-17-10-8-15-23(25)24-16-9-11-18-26(24)28;;;/h4,6-11,13-19,25,27H,1,5,12H2,2-3H3;2*1H;/q;;;+2/p-2. The zero-order chi connectivity index (χ0) is 20.0. The topological polar surface area (TPSA) is 0 Å². The van der Waals surface area contributed by atoms with Crippen molar-refractivity contribution in [2.24, 2.45) is 5.92 Å². The summed E-state index contributed by atoms with van der Waals surface area (Å²) in [5.41, 5.74) is 6.60. The van der Waals surface area contributed by atoms with Gasteiger partial charge in [-0.2, -0.15) is 0 Å². The minimum absolute atomic E-state index is 0. The van der Waals surface area contributed by atoms with E-state index >= 15 is 0 Å². The molecule has 2 aromatic rings. The number of benzene rings is 2. The molecule has 4 heteroatoms. The Kier molecular flexibility index (Phi) is 9.16. The molecule has 5 rings (SSSR count). The van der Waals surface area contributed by atoms with E-state index in [0.717, 1.165) is 12.8 Å². The quantitative estimate of drug-likeness (QED) is 0.351. The number of hydrogen-bond acceptors (Lipinski definition) is 0. The van der Waals surface area contributed by atoms with Crippen LogP contribution in [0, 0.1) is 5.92 Å². The second-order valence-electron chi connectivity index (χ2n) is 8.97. The van der Waals surface area contributed by atoms with Gasteiger partial charge in [-0.15, -0.1) is 6.58 Å². The first-order chi connectivity index (χ1) is 14.1. The molecule has 0 aromatic heterocycles. The van der Waals surface area contributed by atoms with E-state index in [1.807, 2.05) is 0 Å². The fourth-order valence-electron chi connectivity index (χ4n) is 5.82. The van der Waals surface area contributed by atoms with Gasteiger partial charge in [-0.25, -0.2) is 0 Å². The van der Waals surface area contributed by atoms with Gasteiger partial charge in [-0.1, -0.05) is 109 Å². The summed E-state index contributed by atoms with van der Waals surface area (Å²) in [6.45, 7) is 9.18. The van der Waals surface area contributed by atoms with Crippen LogP contribution >= 0.6 is 0 Å². The molecule has 2 aromatic carbocycles. The molecule has 0 radical (unpaired) electrons. The summed E-state index contributed by atoms with van der Waals surface area (Å²) in [5, 5.41) is 4.64. The first-order valence-electron chi connectivity index (χ1n) is 10.7. The summed E-state index contributed by atoms with van der Waals surface area (Å²) in [6.07, 6.45) is 15.9. The van der Waals surface area contributed by atoms with Gasteiger partial charge in [0.2, 0.25) is 0 Å². The van der Waals surface area contributed by atoms with Crippen molar-refractivity contribution in [3.05, 3.63) is 113 Å². The van der Waals surface area contributed by atoms with Gasteiger partial charge >= 0.3 is 26.2 Å². The van der Waals surface area contributed by atoms with E-state index in [-0.39, 0.29) is 51.0 Å². The van der Waals surface area contributed by atoms with Crippen LogP contribution in [0.4, 0.5) is 0 Å². The van der Waals surface area contributed by atoms with Crippen LogP contribution in [0.1, 0.15) is 29.5 Å². The van der Waals surface area contributed by atoms with Crippen LogP contribution in [-0.2, 0) is 26.2 Å². The normalized spacial score (nSPS) is 19.6. The third-order valence-corrected chi connectivity index (χ3v) is 11.0. The number of hydrogen-bond donors (Lipinski definition) is 0. The fraction of sp³-hybridized carbons (Fsp3) is 0.214. The Bertz CT molecular complexity index is 1220. The number of halogens is 2. The van der Waals surface area contributed by atoms with Crippen molar-refractivity contribution in [1.82, 2.24) is 0 Å². The molecule has 32 heavy (non-hydrogen) atoms. The van der Waals surface area contributed by atoms with Gasteiger partial charge in [0.25, 0.3) is 0 Å². The van der Waals surface area contributed by atoms with Crippen molar-refractivity contribution < 1.29 is 51.0 Å². The minimum atomic E-state index is -1.85. The average Bonchev–Trinajstić information content (AvgIpc) is 3.28. The number of rotatable bonds is 5. The Balaban J connectivity index is 0.00000121. The van der Waals surface area contributed by atoms with Crippen molar-refractivity contribution in [2.45, 2.75) is 31.5 Å². The second-order valence-corrected chi connectivity index (χ2v) is 13.5. The van der Waals surface area contributed by atoms with Gasteiger partial charge in [-0.3, -0.25) is 0 Å². The van der Waals surface area contributed by atoms with Crippen LogP contribution in [-0.4, -0.2) is 8.07 Å². The minimum Gasteiger partial charge on any atom is -1.00 e. The molecule has 0 bridgehead atoms. The molecule has 0 N–H and O–H groups in total. The monoisotopic (exact) mass is 552 g/mol. The SMILES string of the molecule is C=CCCC1=Cc2ccccc2C1[Si](C)(C)C1=c2ccccc2=C2C=CC=CC21.[Cl-].[Cl-].[Zr+2]. The summed E-state index contributed by atoms with van der Waals surface area (Å²) < 4.78 is 0. The first kappa shape index (κ1) is 27.1. The van der Waals surface area contributed by atoms with Crippen molar-refractivity contribution in [2.75, 3.05) is 0 Å². The van der Waals surface area contributed by atoms with Gasteiger partial charge in [0.05, 0.1) is 8.07 Å². The Morgan fingerprint density at radius 3 is 2.38 bits per heavy atom. The predicted octanol–water partition coefficient (Wildman–Crippen LogP) is -0.317. The molecule has 0 saturated carbocycles. The molecule has 0 heterocycles. The summed E-state index contributed by atoms with van der Waals surface area (Å²) in [4.78, 5) is 0. The molecule has 2 unspecified atom stereocenters. The van der Waals surface area contributed by atoms with E-state index in [9.17, 15) is 0 Å². The summed E-state index contributed by atoms with van der Waals surface area (Å²) >= 11 is 0. The van der Waals surface area contributed by atoms with Crippen LogP contribution in [0.15, 0.2) is 91.1 Å². The molecular formula is C28H28Cl2SiZr. The van der Waals surface area contributed by atoms with Crippen LogP contribution < -0.4 is 35.3 Å². The van der Waals surface area contributed by atoms with E-state index in [0.29, 0.717) is 11.5 Å².